The van der Waals surface area contributed by atoms with Crippen molar-refractivity contribution >= 4 is 60.4 Å². The molecule has 31 heavy (non-hydrogen) atoms. The second-order valence-corrected chi connectivity index (χ2v) is 11.4. The molecule has 1 aromatic carbocycles. The van der Waals surface area contributed by atoms with Crippen LogP contribution >= 0.6 is 27.5 Å². The van der Waals surface area contributed by atoms with E-state index >= 15 is 0 Å². The first-order valence-electron chi connectivity index (χ1n) is 9.85. The number of carbonyl (C=O) groups is 1. The molecule has 1 fully saturated rings. The fraction of sp³-hybridized carbons (Fsp3) is 0.333. The van der Waals surface area contributed by atoms with E-state index in [1.807, 2.05) is 24.1 Å². The first kappa shape index (κ1) is 22.1. The summed E-state index contributed by atoms with van der Waals surface area (Å²) in [5.41, 5.74) is 3.21. The predicted octanol–water partition coefficient (Wildman–Crippen LogP) is 4.49. The number of amides is 1. The maximum absolute atomic E-state index is 13.6. The Labute approximate surface area is 195 Å². The van der Waals surface area contributed by atoms with Gasteiger partial charge in [-0.3, -0.25) is 4.79 Å². The maximum Gasteiger partial charge on any atom is 0.256 e. The number of rotatable bonds is 4. The van der Waals surface area contributed by atoms with Crippen molar-refractivity contribution in [3.05, 3.63) is 56.9 Å². The van der Waals surface area contributed by atoms with E-state index in [1.165, 1.54) is 6.26 Å². The van der Waals surface area contributed by atoms with Crippen LogP contribution in [0.15, 0.2) is 34.9 Å². The normalized spacial score (nSPS) is 18.7. The number of halogens is 2. The molecule has 1 aliphatic heterocycles. The third kappa shape index (κ3) is 4.73. The zero-order valence-electron chi connectivity index (χ0n) is 17.3. The number of hydrogen-bond acceptors (Lipinski definition) is 4. The van der Waals surface area contributed by atoms with Gasteiger partial charge in [-0.1, -0.05) is 27.5 Å². The van der Waals surface area contributed by atoms with Gasteiger partial charge in [0.1, 0.15) is 5.15 Å². The summed E-state index contributed by atoms with van der Waals surface area (Å²) in [4.78, 5) is 19.9. The summed E-state index contributed by atoms with van der Waals surface area (Å²) >= 11 is 9.61. The van der Waals surface area contributed by atoms with E-state index < -0.39 is 9.71 Å². The number of carbonyl (C=O) groups excluding carboxylic acids is 1. The molecule has 1 saturated heterocycles. The van der Waals surface area contributed by atoms with Gasteiger partial charge in [0.05, 0.1) is 23.0 Å². The Morgan fingerprint density at radius 2 is 2.13 bits per heavy atom. The molecule has 10 heteroatoms. The lowest BCUT2D eigenvalue weighted by Gasteiger charge is -2.35. The van der Waals surface area contributed by atoms with Crippen molar-refractivity contribution in [1.29, 1.82) is 0 Å². The van der Waals surface area contributed by atoms with Crippen LogP contribution in [0.1, 0.15) is 46.9 Å². The van der Waals surface area contributed by atoms with Crippen LogP contribution < -0.4 is 4.72 Å². The Bertz CT molecular complexity index is 1240. The lowest BCUT2D eigenvalue weighted by atomic mass is 9.98. The molecule has 1 amide bonds. The third-order valence-corrected chi connectivity index (χ3v) is 6.76. The van der Waals surface area contributed by atoms with E-state index in [2.05, 4.69) is 36.6 Å². The molecule has 0 aliphatic carbocycles. The summed E-state index contributed by atoms with van der Waals surface area (Å²) in [6, 6.07) is 6.99. The quantitative estimate of drug-likeness (QED) is 0.403. The third-order valence-electron chi connectivity index (χ3n) is 5.23. The molecule has 1 N–H and O–H groups in total. The van der Waals surface area contributed by atoms with E-state index in [0.29, 0.717) is 28.6 Å². The monoisotopic (exact) mass is 523 g/mol. The van der Waals surface area contributed by atoms with Gasteiger partial charge in [0, 0.05) is 44.8 Å². The molecule has 4 rings (SSSR count). The van der Waals surface area contributed by atoms with Crippen molar-refractivity contribution in [2.45, 2.75) is 32.2 Å². The van der Waals surface area contributed by atoms with Crippen molar-refractivity contribution in [3.8, 4) is 0 Å². The lowest BCUT2D eigenvalue weighted by Crippen LogP contribution is -2.39. The van der Waals surface area contributed by atoms with Crippen LogP contribution in [-0.4, -0.2) is 48.3 Å². The Morgan fingerprint density at radius 3 is 2.87 bits per heavy atom. The average Bonchev–Trinajstić information content (AvgIpc) is 3.10. The highest BCUT2D eigenvalue weighted by Crippen LogP contribution is 2.34. The van der Waals surface area contributed by atoms with E-state index in [0.717, 1.165) is 35.0 Å². The largest absolute Gasteiger partial charge is 0.330 e. The van der Waals surface area contributed by atoms with Gasteiger partial charge in [0.15, 0.2) is 5.65 Å². The maximum atomic E-state index is 13.6. The lowest BCUT2D eigenvalue weighted by molar-refractivity contribution is 0.0606. The molecule has 2 atom stereocenters. The molecule has 0 radical (unpaired) electrons. The average molecular weight is 525 g/mol. The number of piperidine rings is 1. The van der Waals surface area contributed by atoms with Gasteiger partial charge in [-0.15, -0.1) is 0 Å². The second kappa shape index (κ2) is 8.44. The number of likely N-dealkylation sites (tertiary alicyclic amines) is 1. The highest BCUT2D eigenvalue weighted by molar-refractivity contribution is 9.10. The molecule has 3 aromatic rings. The summed E-state index contributed by atoms with van der Waals surface area (Å²) in [6.45, 7) is 2.49. The predicted molar refractivity (Wildman–Crippen MR) is 129 cm³/mol. The number of benzene rings is 1. The number of aryl methyl sites for hydroxylation is 1. The smallest absolute Gasteiger partial charge is 0.256 e. The van der Waals surface area contributed by atoms with Crippen LogP contribution in [0.3, 0.4) is 0 Å². The molecule has 1 unspecified atom stereocenters. The van der Waals surface area contributed by atoms with Gasteiger partial charge in [-0.2, -0.15) is 5.10 Å². The van der Waals surface area contributed by atoms with E-state index in [1.54, 1.807) is 22.7 Å². The van der Waals surface area contributed by atoms with Crippen molar-refractivity contribution in [3.63, 3.8) is 0 Å². The molecule has 0 bridgehead atoms. The van der Waals surface area contributed by atoms with Gasteiger partial charge >= 0.3 is 0 Å². The molecule has 3 heterocycles. The van der Waals surface area contributed by atoms with Crippen LogP contribution in [0.4, 0.5) is 5.69 Å². The summed E-state index contributed by atoms with van der Waals surface area (Å²) in [6.07, 6.45) is 6.06. The van der Waals surface area contributed by atoms with E-state index in [9.17, 15) is 9.00 Å². The van der Waals surface area contributed by atoms with Gasteiger partial charge in [-0.05, 0) is 50.3 Å². The van der Waals surface area contributed by atoms with E-state index in [4.69, 9.17) is 11.6 Å². The molecule has 0 spiro atoms. The van der Waals surface area contributed by atoms with E-state index in [-0.39, 0.29) is 11.9 Å². The zero-order valence-corrected chi connectivity index (χ0v) is 20.4. The van der Waals surface area contributed by atoms with Crippen molar-refractivity contribution in [1.82, 2.24) is 19.5 Å². The minimum Gasteiger partial charge on any atom is -0.330 e. The van der Waals surface area contributed by atoms with Crippen molar-refractivity contribution < 1.29 is 9.00 Å². The number of nitrogens with one attached hydrogen (secondary N) is 1. The first-order chi connectivity index (χ1) is 14.6. The summed E-state index contributed by atoms with van der Waals surface area (Å²) < 4.78 is 17.6. The first-order valence-corrected chi connectivity index (χ1v) is 13.2. The number of nitrogens with zero attached hydrogens (tertiary/aromatic N) is 4. The van der Waals surface area contributed by atoms with Crippen LogP contribution in [-0.2, 0) is 9.71 Å². The Hall–Kier alpha value is -2.10. The van der Waals surface area contributed by atoms with Crippen LogP contribution in [0, 0.1) is 6.92 Å². The van der Waals surface area contributed by atoms with Gasteiger partial charge in [-0.25, -0.2) is 13.7 Å². The molecule has 164 valence electrons. The highest BCUT2D eigenvalue weighted by Gasteiger charge is 2.32. The second-order valence-electron chi connectivity index (χ2n) is 7.89. The molecule has 1 aliphatic rings. The zero-order chi connectivity index (χ0) is 22.3. The summed E-state index contributed by atoms with van der Waals surface area (Å²) in [5, 5.41) is 5.13. The molecular weight excluding hydrogens is 502 g/mol. The topological polar surface area (TPSA) is 79.6 Å². The Balaban J connectivity index is 1.73. The molecule has 0 saturated carbocycles. The van der Waals surface area contributed by atoms with Crippen molar-refractivity contribution in [2.75, 3.05) is 17.5 Å². The Kier molecular flexibility index (Phi) is 6.02. The minimum absolute atomic E-state index is 0.142. The minimum atomic E-state index is -2.54. The number of hydrogen-bond donors (Lipinski definition) is 1. The van der Waals surface area contributed by atoms with Crippen LogP contribution in [0.25, 0.3) is 5.65 Å². The SMILES string of the molecule is C=S(C)(=O)Nc1ccc(Br)cc1C(=O)N1CCCC[C@H]1c1cc2nc(Cl)c(C)cn2n1. The molecule has 7 nitrogen and oxygen atoms in total. The Morgan fingerprint density at radius 1 is 1.35 bits per heavy atom. The number of aromatic nitrogens is 3. The summed E-state index contributed by atoms with van der Waals surface area (Å²) in [5.74, 6) is 3.51. The fourth-order valence-corrected chi connectivity index (χ4v) is 4.96. The standard InChI is InChI=1S/C21H23BrClN5O2S/c1-13-12-28-19(24-20(13)23)11-17(25-28)18-6-4-5-9-27(18)21(29)15-10-14(22)7-8-16(15)26-31(2,3)30/h7-8,10-12,18H,2,4-6,9H2,1,3H3,(H,26,30)/t18-,31?/m0/s1. The van der Waals surface area contributed by atoms with Gasteiger partial charge < -0.3 is 9.62 Å². The summed E-state index contributed by atoms with van der Waals surface area (Å²) in [7, 11) is -2.54. The van der Waals surface area contributed by atoms with Crippen LogP contribution in [0.2, 0.25) is 5.15 Å². The van der Waals surface area contributed by atoms with Gasteiger partial charge in [0.25, 0.3) is 5.91 Å². The number of anilines is 1. The number of fused-ring (bicyclic) bond motifs is 1. The molecular formula is C21H23BrClN5O2S. The van der Waals surface area contributed by atoms with Crippen molar-refractivity contribution in [2.24, 2.45) is 0 Å². The van der Waals surface area contributed by atoms with Gasteiger partial charge in [0.2, 0.25) is 0 Å². The highest BCUT2D eigenvalue weighted by atomic mass is 79.9. The fourth-order valence-electron chi connectivity index (χ4n) is 3.82. The van der Waals surface area contributed by atoms with Crippen LogP contribution in [0.5, 0.6) is 0 Å². The molecule has 2 aromatic heterocycles.